The molecule has 0 heterocycles. The number of aryl methyl sites for hydroxylation is 1. The lowest BCUT2D eigenvalue weighted by Crippen LogP contribution is -2.43. The lowest BCUT2D eigenvalue weighted by Gasteiger charge is -2.17. The van der Waals surface area contributed by atoms with Crippen LogP contribution < -0.4 is 5.32 Å². The molecule has 0 aliphatic heterocycles. The molecule has 2 rings (SSSR count). The van der Waals surface area contributed by atoms with E-state index in [0.29, 0.717) is 5.56 Å². The fourth-order valence-corrected chi connectivity index (χ4v) is 2.40. The third-order valence-electron chi connectivity index (χ3n) is 3.54. The van der Waals surface area contributed by atoms with Gasteiger partial charge in [-0.15, -0.1) is 0 Å². The molecule has 0 saturated carbocycles. The van der Waals surface area contributed by atoms with Crippen LogP contribution in [0.3, 0.4) is 0 Å². The Morgan fingerprint density at radius 1 is 1.12 bits per heavy atom. The summed E-state index contributed by atoms with van der Waals surface area (Å²) < 4.78 is 4.72. The van der Waals surface area contributed by atoms with E-state index in [2.05, 4.69) is 5.32 Å². The van der Waals surface area contributed by atoms with Crippen LogP contribution in [0.25, 0.3) is 0 Å². The van der Waals surface area contributed by atoms with Gasteiger partial charge in [0.25, 0.3) is 5.91 Å². The van der Waals surface area contributed by atoms with Crippen LogP contribution in [0, 0.1) is 6.92 Å². The quantitative estimate of drug-likeness (QED) is 0.728. The molecular weight excluding hydrogens is 310 g/mol. The van der Waals surface area contributed by atoms with Crippen LogP contribution in [-0.4, -0.2) is 35.2 Å². The molecule has 0 aromatic heterocycles. The molecule has 0 aliphatic carbocycles. The summed E-state index contributed by atoms with van der Waals surface area (Å²) in [5.74, 6) is -2.07. The maximum absolute atomic E-state index is 12.4. The van der Waals surface area contributed by atoms with E-state index in [-0.39, 0.29) is 23.5 Å². The first-order valence-electron chi connectivity index (χ1n) is 7.37. The molecule has 2 aromatic rings. The molecule has 0 radical (unpaired) electrons. The number of aromatic hydroxyl groups is 2. The van der Waals surface area contributed by atoms with Crippen LogP contribution >= 0.6 is 0 Å². The molecule has 0 unspecified atom stereocenters. The number of nitrogens with one attached hydrogen (secondary N) is 1. The fraction of sp³-hybridized carbons (Fsp3) is 0.222. The monoisotopic (exact) mass is 329 g/mol. The summed E-state index contributed by atoms with van der Waals surface area (Å²) in [7, 11) is 1.23. The lowest BCUT2D eigenvalue weighted by atomic mass is 10.0. The Morgan fingerprint density at radius 3 is 2.25 bits per heavy atom. The number of amides is 1. The third kappa shape index (κ3) is 4.04. The summed E-state index contributed by atoms with van der Waals surface area (Å²) >= 11 is 0. The zero-order valence-electron chi connectivity index (χ0n) is 13.4. The molecule has 0 bridgehead atoms. The summed E-state index contributed by atoms with van der Waals surface area (Å²) in [5.41, 5.74) is 1.17. The van der Waals surface area contributed by atoms with Gasteiger partial charge in [0.1, 0.15) is 23.1 Å². The van der Waals surface area contributed by atoms with Gasteiger partial charge in [-0.3, -0.25) is 4.79 Å². The molecule has 0 saturated heterocycles. The number of benzene rings is 2. The molecule has 0 aliphatic rings. The van der Waals surface area contributed by atoms with Crippen LogP contribution in [0.4, 0.5) is 0 Å². The number of rotatable bonds is 5. The number of carbonyl (C=O) groups is 2. The van der Waals surface area contributed by atoms with Gasteiger partial charge in [-0.1, -0.05) is 30.3 Å². The van der Waals surface area contributed by atoms with Crippen molar-refractivity contribution in [1.29, 1.82) is 0 Å². The van der Waals surface area contributed by atoms with E-state index in [9.17, 15) is 19.8 Å². The second-order valence-electron chi connectivity index (χ2n) is 5.42. The van der Waals surface area contributed by atoms with Crippen LogP contribution in [0.2, 0.25) is 0 Å². The smallest absolute Gasteiger partial charge is 0.328 e. The summed E-state index contributed by atoms with van der Waals surface area (Å²) in [5, 5.41) is 22.3. The highest BCUT2D eigenvalue weighted by Crippen LogP contribution is 2.28. The van der Waals surface area contributed by atoms with Crippen LogP contribution in [0.15, 0.2) is 42.5 Å². The lowest BCUT2D eigenvalue weighted by molar-refractivity contribution is -0.142. The third-order valence-corrected chi connectivity index (χ3v) is 3.54. The van der Waals surface area contributed by atoms with E-state index in [1.165, 1.54) is 19.2 Å². The van der Waals surface area contributed by atoms with E-state index in [4.69, 9.17) is 4.74 Å². The van der Waals surface area contributed by atoms with E-state index in [1.807, 2.05) is 30.3 Å². The van der Waals surface area contributed by atoms with Crippen molar-refractivity contribution in [2.24, 2.45) is 0 Å². The molecule has 1 amide bonds. The minimum atomic E-state index is -0.940. The highest BCUT2D eigenvalue weighted by Gasteiger charge is 2.25. The van der Waals surface area contributed by atoms with Gasteiger partial charge in [-0.05, 0) is 30.2 Å². The van der Waals surface area contributed by atoms with Gasteiger partial charge in [0, 0.05) is 6.42 Å². The SMILES string of the molecule is COC(=O)[C@H](Cc1ccccc1)NC(=O)c1c(O)cc(C)cc1O. The molecule has 2 aromatic carbocycles. The summed E-state index contributed by atoms with van der Waals surface area (Å²) in [6.45, 7) is 1.67. The first-order valence-corrected chi connectivity index (χ1v) is 7.37. The Kier molecular flexibility index (Phi) is 5.42. The van der Waals surface area contributed by atoms with Crippen LogP contribution in [0.5, 0.6) is 11.5 Å². The highest BCUT2D eigenvalue weighted by molar-refractivity contribution is 6.01. The van der Waals surface area contributed by atoms with Crippen molar-refractivity contribution in [3.8, 4) is 11.5 Å². The van der Waals surface area contributed by atoms with Crippen molar-refractivity contribution in [3.63, 3.8) is 0 Å². The average Bonchev–Trinajstić information content (AvgIpc) is 2.53. The maximum Gasteiger partial charge on any atom is 0.328 e. The van der Waals surface area contributed by atoms with E-state index in [1.54, 1.807) is 6.92 Å². The Labute approximate surface area is 139 Å². The van der Waals surface area contributed by atoms with Crippen molar-refractivity contribution >= 4 is 11.9 Å². The van der Waals surface area contributed by atoms with Gasteiger partial charge in [0.2, 0.25) is 0 Å². The summed E-state index contributed by atoms with van der Waals surface area (Å²) in [6, 6.07) is 10.9. The van der Waals surface area contributed by atoms with E-state index in [0.717, 1.165) is 5.56 Å². The van der Waals surface area contributed by atoms with Crippen molar-refractivity contribution in [2.45, 2.75) is 19.4 Å². The Hall–Kier alpha value is -3.02. The minimum absolute atomic E-state index is 0.229. The normalized spacial score (nSPS) is 11.6. The maximum atomic E-state index is 12.4. The average molecular weight is 329 g/mol. The zero-order chi connectivity index (χ0) is 17.7. The van der Waals surface area contributed by atoms with Gasteiger partial charge >= 0.3 is 5.97 Å². The summed E-state index contributed by atoms with van der Waals surface area (Å²) in [4.78, 5) is 24.3. The predicted molar refractivity (Wildman–Crippen MR) is 87.9 cm³/mol. The van der Waals surface area contributed by atoms with E-state index >= 15 is 0 Å². The molecule has 126 valence electrons. The van der Waals surface area contributed by atoms with E-state index < -0.39 is 17.9 Å². The molecule has 6 heteroatoms. The Morgan fingerprint density at radius 2 is 1.71 bits per heavy atom. The van der Waals surface area contributed by atoms with Crippen molar-refractivity contribution in [2.75, 3.05) is 7.11 Å². The zero-order valence-corrected chi connectivity index (χ0v) is 13.4. The molecular formula is C18H19NO5. The number of phenolic OH excluding ortho intramolecular Hbond substituents is 2. The number of methoxy groups -OCH3 is 1. The number of carbonyl (C=O) groups excluding carboxylic acids is 2. The topological polar surface area (TPSA) is 95.9 Å². The van der Waals surface area contributed by atoms with Gasteiger partial charge < -0.3 is 20.3 Å². The van der Waals surface area contributed by atoms with Crippen molar-refractivity contribution < 1.29 is 24.5 Å². The molecule has 24 heavy (non-hydrogen) atoms. The second kappa shape index (κ2) is 7.50. The van der Waals surface area contributed by atoms with Crippen molar-refractivity contribution in [1.82, 2.24) is 5.32 Å². The number of ether oxygens (including phenoxy) is 1. The Bertz CT molecular complexity index is 719. The second-order valence-corrected chi connectivity index (χ2v) is 5.42. The highest BCUT2D eigenvalue weighted by atomic mass is 16.5. The molecule has 3 N–H and O–H groups in total. The fourth-order valence-electron chi connectivity index (χ4n) is 2.40. The van der Waals surface area contributed by atoms with Gasteiger partial charge in [0.05, 0.1) is 7.11 Å². The van der Waals surface area contributed by atoms with Gasteiger partial charge in [0.15, 0.2) is 0 Å². The standard InChI is InChI=1S/C18H19NO5/c1-11-8-14(20)16(15(21)9-11)17(22)19-13(18(23)24-2)10-12-6-4-3-5-7-12/h3-9,13,20-21H,10H2,1-2H3,(H,19,22)/t13-/m0/s1. The van der Waals surface area contributed by atoms with Crippen molar-refractivity contribution in [3.05, 3.63) is 59.2 Å². The molecule has 1 atom stereocenters. The molecule has 0 spiro atoms. The molecule has 6 nitrogen and oxygen atoms in total. The Balaban J connectivity index is 2.23. The largest absolute Gasteiger partial charge is 0.507 e. The minimum Gasteiger partial charge on any atom is -0.507 e. The number of phenols is 2. The number of hydrogen-bond donors (Lipinski definition) is 3. The first kappa shape index (κ1) is 17.3. The summed E-state index contributed by atoms with van der Waals surface area (Å²) in [6.07, 6.45) is 0.229. The molecule has 0 fully saturated rings. The van der Waals surface area contributed by atoms with Crippen LogP contribution in [-0.2, 0) is 16.0 Å². The number of hydrogen-bond acceptors (Lipinski definition) is 5. The van der Waals surface area contributed by atoms with Crippen LogP contribution in [0.1, 0.15) is 21.5 Å². The number of esters is 1. The predicted octanol–water partition coefficient (Wildman–Crippen LogP) is 1.92. The van der Waals surface area contributed by atoms with Gasteiger partial charge in [-0.25, -0.2) is 4.79 Å². The van der Waals surface area contributed by atoms with Gasteiger partial charge in [-0.2, -0.15) is 0 Å². The first-order chi connectivity index (χ1) is 11.4.